The van der Waals surface area contributed by atoms with Crippen LogP contribution >= 0.6 is 15.9 Å². The predicted octanol–water partition coefficient (Wildman–Crippen LogP) is 3.82. The number of nitrogens with one attached hydrogen (secondary N) is 1. The van der Waals surface area contributed by atoms with Gasteiger partial charge in [-0.1, -0.05) is 15.9 Å². The topological polar surface area (TPSA) is 66.4 Å². The van der Waals surface area contributed by atoms with Crippen LogP contribution in [0.4, 0.5) is 18.9 Å². The molecule has 2 N–H and O–H groups in total. The zero-order valence-corrected chi connectivity index (χ0v) is 12.2. The standard InChI is InChI=1S/C14H7BrF3NO3/c15-6-1-4-10(8(5-6)14(21)22)19-13(20)7-2-3-9(16)12(18)11(7)17/h1-5H,(H,19,20)(H,21,22). The van der Waals surface area contributed by atoms with Gasteiger partial charge in [-0.25, -0.2) is 18.0 Å². The van der Waals surface area contributed by atoms with Crippen molar-refractivity contribution in [2.24, 2.45) is 0 Å². The normalized spacial score (nSPS) is 10.4. The summed E-state index contributed by atoms with van der Waals surface area (Å²) in [6.07, 6.45) is 0. The van der Waals surface area contributed by atoms with Crippen LogP contribution in [0.2, 0.25) is 0 Å². The Hall–Kier alpha value is -2.35. The summed E-state index contributed by atoms with van der Waals surface area (Å²) in [5, 5.41) is 11.2. The van der Waals surface area contributed by atoms with E-state index in [0.29, 0.717) is 10.5 Å². The zero-order valence-electron chi connectivity index (χ0n) is 10.7. The first-order valence-electron chi connectivity index (χ1n) is 5.79. The Bertz CT molecular complexity index is 780. The molecule has 114 valence electrons. The number of amides is 1. The first-order valence-corrected chi connectivity index (χ1v) is 6.58. The summed E-state index contributed by atoms with van der Waals surface area (Å²) in [6.45, 7) is 0. The summed E-state index contributed by atoms with van der Waals surface area (Å²) >= 11 is 3.08. The van der Waals surface area contributed by atoms with Crippen LogP contribution in [0.5, 0.6) is 0 Å². The van der Waals surface area contributed by atoms with E-state index in [1.807, 2.05) is 0 Å². The summed E-state index contributed by atoms with van der Waals surface area (Å²) in [6, 6.07) is 5.35. The summed E-state index contributed by atoms with van der Waals surface area (Å²) in [5.74, 6) is -7.26. The minimum absolute atomic E-state index is 0.107. The number of halogens is 4. The maximum absolute atomic E-state index is 13.5. The molecule has 2 aromatic rings. The molecule has 0 saturated heterocycles. The third-order valence-electron chi connectivity index (χ3n) is 2.74. The fourth-order valence-electron chi connectivity index (χ4n) is 1.69. The summed E-state index contributed by atoms with van der Waals surface area (Å²) in [4.78, 5) is 23.0. The van der Waals surface area contributed by atoms with E-state index >= 15 is 0 Å². The average Bonchev–Trinajstić information content (AvgIpc) is 2.46. The van der Waals surface area contributed by atoms with Crippen molar-refractivity contribution in [1.82, 2.24) is 0 Å². The molecule has 0 unspecified atom stereocenters. The molecule has 0 fully saturated rings. The fraction of sp³-hybridized carbons (Fsp3) is 0. The maximum atomic E-state index is 13.5. The van der Waals surface area contributed by atoms with E-state index in [4.69, 9.17) is 5.11 Å². The van der Waals surface area contributed by atoms with Crippen molar-refractivity contribution in [2.75, 3.05) is 5.32 Å². The number of anilines is 1. The van der Waals surface area contributed by atoms with Crippen molar-refractivity contribution >= 4 is 33.5 Å². The molecule has 0 saturated carbocycles. The molecule has 0 atom stereocenters. The number of benzene rings is 2. The lowest BCUT2D eigenvalue weighted by atomic mass is 10.1. The Morgan fingerprint density at radius 3 is 2.32 bits per heavy atom. The van der Waals surface area contributed by atoms with Gasteiger partial charge in [0.05, 0.1) is 16.8 Å². The number of hydrogen-bond acceptors (Lipinski definition) is 2. The van der Waals surface area contributed by atoms with Gasteiger partial charge >= 0.3 is 5.97 Å². The number of hydrogen-bond donors (Lipinski definition) is 2. The second-order valence-corrected chi connectivity index (χ2v) is 5.09. The molecule has 2 rings (SSSR count). The second kappa shape index (κ2) is 6.18. The van der Waals surface area contributed by atoms with E-state index < -0.39 is 34.9 Å². The van der Waals surface area contributed by atoms with Crippen molar-refractivity contribution in [3.8, 4) is 0 Å². The molecule has 4 nitrogen and oxygen atoms in total. The minimum atomic E-state index is -1.78. The van der Waals surface area contributed by atoms with Crippen LogP contribution in [-0.2, 0) is 0 Å². The van der Waals surface area contributed by atoms with Gasteiger partial charge < -0.3 is 10.4 Å². The molecule has 22 heavy (non-hydrogen) atoms. The quantitative estimate of drug-likeness (QED) is 0.803. The predicted molar refractivity (Wildman–Crippen MR) is 75.4 cm³/mol. The lowest BCUT2D eigenvalue weighted by Gasteiger charge is -2.10. The number of carboxylic acids is 1. The van der Waals surface area contributed by atoms with E-state index in [1.54, 1.807) is 0 Å². The first kappa shape index (κ1) is 16.0. The van der Waals surface area contributed by atoms with Crippen LogP contribution in [0.15, 0.2) is 34.8 Å². The van der Waals surface area contributed by atoms with Crippen LogP contribution in [0.25, 0.3) is 0 Å². The van der Waals surface area contributed by atoms with Gasteiger partial charge in [-0.3, -0.25) is 4.79 Å². The summed E-state index contributed by atoms with van der Waals surface area (Å²) in [7, 11) is 0. The molecule has 2 aromatic carbocycles. The zero-order chi connectivity index (χ0) is 16.4. The van der Waals surface area contributed by atoms with Crippen LogP contribution in [0.1, 0.15) is 20.7 Å². The third kappa shape index (κ3) is 3.11. The number of carbonyl (C=O) groups is 2. The molecule has 0 aromatic heterocycles. The Morgan fingerprint density at radius 1 is 1.00 bits per heavy atom. The molecule has 0 aliphatic heterocycles. The molecule has 0 heterocycles. The van der Waals surface area contributed by atoms with Crippen LogP contribution in [0, 0.1) is 17.5 Å². The van der Waals surface area contributed by atoms with Gasteiger partial charge in [0.1, 0.15) is 0 Å². The van der Waals surface area contributed by atoms with Crippen molar-refractivity contribution in [3.05, 3.63) is 63.4 Å². The van der Waals surface area contributed by atoms with Gasteiger partial charge in [-0.2, -0.15) is 0 Å². The molecule has 0 spiro atoms. The molecular weight excluding hydrogens is 367 g/mol. The third-order valence-corrected chi connectivity index (χ3v) is 3.23. The molecular formula is C14H7BrF3NO3. The van der Waals surface area contributed by atoms with Crippen molar-refractivity contribution in [3.63, 3.8) is 0 Å². The van der Waals surface area contributed by atoms with E-state index in [2.05, 4.69) is 21.2 Å². The van der Waals surface area contributed by atoms with E-state index in [0.717, 1.165) is 6.07 Å². The number of aromatic carboxylic acids is 1. The first-order chi connectivity index (χ1) is 10.3. The Balaban J connectivity index is 2.38. The van der Waals surface area contributed by atoms with Crippen LogP contribution in [-0.4, -0.2) is 17.0 Å². The maximum Gasteiger partial charge on any atom is 0.337 e. The van der Waals surface area contributed by atoms with Gasteiger partial charge in [-0.15, -0.1) is 0 Å². The average molecular weight is 374 g/mol. The molecule has 8 heteroatoms. The highest BCUT2D eigenvalue weighted by atomic mass is 79.9. The Kier molecular flexibility index (Phi) is 4.51. The molecule has 0 aliphatic carbocycles. The minimum Gasteiger partial charge on any atom is -0.478 e. The molecule has 0 bridgehead atoms. The molecule has 1 amide bonds. The van der Waals surface area contributed by atoms with E-state index in [-0.39, 0.29) is 11.3 Å². The van der Waals surface area contributed by atoms with Crippen molar-refractivity contribution in [1.29, 1.82) is 0 Å². The second-order valence-electron chi connectivity index (χ2n) is 4.17. The number of carbonyl (C=O) groups excluding carboxylic acids is 1. The van der Waals surface area contributed by atoms with Crippen molar-refractivity contribution < 1.29 is 27.9 Å². The SMILES string of the molecule is O=C(O)c1cc(Br)ccc1NC(=O)c1ccc(F)c(F)c1F. The van der Waals surface area contributed by atoms with Gasteiger partial charge in [0, 0.05) is 4.47 Å². The van der Waals surface area contributed by atoms with E-state index in [1.165, 1.54) is 18.2 Å². The lowest BCUT2D eigenvalue weighted by molar-refractivity contribution is 0.0698. The van der Waals surface area contributed by atoms with E-state index in [9.17, 15) is 22.8 Å². The number of carboxylic acid groups (broad SMARTS) is 1. The van der Waals surface area contributed by atoms with Gasteiger partial charge in [-0.05, 0) is 30.3 Å². The van der Waals surface area contributed by atoms with Crippen molar-refractivity contribution in [2.45, 2.75) is 0 Å². The number of rotatable bonds is 3. The largest absolute Gasteiger partial charge is 0.478 e. The highest BCUT2D eigenvalue weighted by Crippen LogP contribution is 2.23. The Morgan fingerprint density at radius 2 is 1.68 bits per heavy atom. The highest BCUT2D eigenvalue weighted by molar-refractivity contribution is 9.10. The lowest BCUT2D eigenvalue weighted by Crippen LogP contribution is -2.17. The molecule has 0 radical (unpaired) electrons. The molecule has 0 aliphatic rings. The Labute approximate surface area is 130 Å². The van der Waals surface area contributed by atoms with Crippen LogP contribution < -0.4 is 5.32 Å². The smallest absolute Gasteiger partial charge is 0.337 e. The monoisotopic (exact) mass is 373 g/mol. The van der Waals surface area contributed by atoms with Crippen LogP contribution in [0.3, 0.4) is 0 Å². The van der Waals surface area contributed by atoms with Gasteiger partial charge in [0.25, 0.3) is 5.91 Å². The summed E-state index contributed by atoms with van der Waals surface area (Å²) < 4.78 is 40.0. The summed E-state index contributed by atoms with van der Waals surface area (Å²) in [5.41, 5.74) is -1.09. The highest BCUT2D eigenvalue weighted by Gasteiger charge is 2.20. The van der Waals surface area contributed by atoms with Gasteiger partial charge in [0.2, 0.25) is 0 Å². The fourth-order valence-corrected chi connectivity index (χ4v) is 2.05. The van der Waals surface area contributed by atoms with Gasteiger partial charge in [0.15, 0.2) is 17.5 Å².